The number of carbonyl (C=O) groups is 2. The molecule has 1 unspecified atom stereocenters. The predicted octanol–water partition coefficient (Wildman–Crippen LogP) is 3.13. The Bertz CT molecular complexity index is 1050. The molecule has 0 spiro atoms. The molecule has 34 heavy (non-hydrogen) atoms. The molecule has 8 nitrogen and oxygen atoms in total. The molecule has 1 amide bonds. The number of nitrogens with zero attached hydrogens (tertiary/aromatic N) is 2. The highest BCUT2D eigenvalue weighted by molar-refractivity contribution is 6.06. The van der Waals surface area contributed by atoms with Crippen LogP contribution in [0.25, 0.3) is 0 Å². The van der Waals surface area contributed by atoms with Gasteiger partial charge in [0, 0.05) is 42.9 Å². The number of esters is 1. The molecule has 2 heterocycles. The molecular formula is C26H31N3O5. The van der Waals surface area contributed by atoms with Crippen molar-refractivity contribution in [1.82, 2.24) is 4.90 Å². The fraction of sp³-hybridized carbons (Fsp3) is 0.423. The van der Waals surface area contributed by atoms with Crippen LogP contribution in [0.4, 0.5) is 5.69 Å². The highest BCUT2D eigenvalue weighted by atomic mass is 16.5. The van der Waals surface area contributed by atoms with E-state index in [2.05, 4.69) is 0 Å². The van der Waals surface area contributed by atoms with E-state index in [4.69, 9.17) is 19.6 Å². The quantitative estimate of drug-likeness (QED) is 0.400. The number of carbonyl (C=O) groups excluding carboxylic acids is 2. The summed E-state index contributed by atoms with van der Waals surface area (Å²) < 4.78 is 16.3. The van der Waals surface area contributed by atoms with Crippen molar-refractivity contribution in [3.8, 4) is 5.75 Å². The normalized spacial score (nSPS) is 17.4. The SMILES string of the molecule is CCOC(=O)CC1COc2ccc(N(C)C(=O)c3ccc(C(=N)N4CCOCC4)cc3)cc2C1. The van der Waals surface area contributed by atoms with Gasteiger partial charge < -0.3 is 24.0 Å². The molecule has 2 aliphatic heterocycles. The van der Waals surface area contributed by atoms with Gasteiger partial charge in [-0.25, -0.2) is 0 Å². The standard InChI is InChI=1S/C26H31N3O5/c1-3-33-24(30)15-18-14-21-16-22(8-9-23(21)34-17-18)28(2)26(31)20-6-4-19(5-7-20)25(27)29-10-12-32-13-11-29/h4-9,16,18,27H,3,10-15,17H2,1-2H3. The Morgan fingerprint density at radius 1 is 1.12 bits per heavy atom. The van der Waals surface area contributed by atoms with Crippen molar-refractivity contribution in [1.29, 1.82) is 5.41 Å². The first kappa shape index (κ1) is 23.8. The molecule has 0 aromatic heterocycles. The zero-order chi connectivity index (χ0) is 24.1. The maximum atomic E-state index is 13.1. The maximum Gasteiger partial charge on any atom is 0.306 e. The van der Waals surface area contributed by atoms with Crippen molar-refractivity contribution in [2.24, 2.45) is 5.92 Å². The molecule has 1 saturated heterocycles. The van der Waals surface area contributed by atoms with Gasteiger partial charge in [-0.2, -0.15) is 0 Å². The largest absolute Gasteiger partial charge is 0.493 e. The number of anilines is 1. The van der Waals surface area contributed by atoms with Gasteiger partial charge in [-0.3, -0.25) is 15.0 Å². The van der Waals surface area contributed by atoms with E-state index in [9.17, 15) is 9.59 Å². The van der Waals surface area contributed by atoms with Crippen molar-refractivity contribution in [2.75, 3.05) is 51.5 Å². The fourth-order valence-electron chi connectivity index (χ4n) is 4.29. The van der Waals surface area contributed by atoms with Crippen molar-refractivity contribution in [3.63, 3.8) is 0 Å². The van der Waals surface area contributed by atoms with E-state index in [0.717, 1.165) is 22.6 Å². The van der Waals surface area contributed by atoms with E-state index >= 15 is 0 Å². The van der Waals surface area contributed by atoms with Crippen LogP contribution in [0.15, 0.2) is 42.5 Å². The van der Waals surface area contributed by atoms with Crippen molar-refractivity contribution >= 4 is 23.4 Å². The topological polar surface area (TPSA) is 92.2 Å². The van der Waals surface area contributed by atoms with Gasteiger partial charge in [0.2, 0.25) is 0 Å². The Morgan fingerprint density at radius 3 is 2.53 bits per heavy atom. The molecule has 2 aromatic carbocycles. The number of amides is 1. The summed E-state index contributed by atoms with van der Waals surface area (Å²) in [7, 11) is 1.74. The Hall–Kier alpha value is -3.39. The lowest BCUT2D eigenvalue weighted by atomic mass is 9.93. The molecule has 1 fully saturated rings. The van der Waals surface area contributed by atoms with Crippen LogP contribution in [0.3, 0.4) is 0 Å². The minimum atomic E-state index is -0.215. The number of hydrogen-bond donors (Lipinski definition) is 1. The number of benzene rings is 2. The van der Waals surface area contributed by atoms with Crippen LogP contribution >= 0.6 is 0 Å². The highest BCUT2D eigenvalue weighted by Crippen LogP contribution is 2.32. The molecule has 0 bridgehead atoms. The highest BCUT2D eigenvalue weighted by Gasteiger charge is 2.24. The van der Waals surface area contributed by atoms with Crippen LogP contribution in [0, 0.1) is 11.3 Å². The number of amidine groups is 1. The van der Waals surface area contributed by atoms with Crippen molar-refractivity contribution in [3.05, 3.63) is 59.2 Å². The first-order valence-corrected chi connectivity index (χ1v) is 11.7. The molecule has 2 aliphatic rings. The summed E-state index contributed by atoms with van der Waals surface area (Å²) in [5, 5.41) is 8.43. The molecule has 0 aliphatic carbocycles. The summed E-state index contributed by atoms with van der Waals surface area (Å²) in [6.45, 7) is 5.29. The van der Waals surface area contributed by atoms with E-state index in [-0.39, 0.29) is 17.8 Å². The molecule has 1 N–H and O–H groups in total. The molecule has 2 aromatic rings. The predicted molar refractivity (Wildman–Crippen MR) is 129 cm³/mol. The van der Waals surface area contributed by atoms with Gasteiger partial charge in [0.25, 0.3) is 5.91 Å². The fourth-order valence-corrected chi connectivity index (χ4v) is 4.29. The average Bonchev–Trinajstić information content (AvgIpc) is 2.87. The first-order valence-electron chi connectivity index (χ1n) is 11.7. The van der Waals surface area contributed by atoms with Crippen LogP contribution in [0.1, 0.15) is 34.8 Å². The van der Waals surface area contributed by atoms with Crippen molar-refractivity contribution in [2.45, 2.75) is 19.8 Å². The Morgan fingerprint density at radius 2 is 1.82 bits per heavy atom. The zero-order valence-electron chi connectivity index (χ0n) is 19.7. The lowest BCUT2D eigenvalue weighted by Gasteiger charge is -2.29. The van der Waals surface area contributed by atoms with Gasteiger partial charge in [0.05, 0.1) is 32.8 Å². The van der Waals surface area contributed by atoms with E-state index in [1.807, 2.05) is 35.2 Å². The molecular weight excluding hydrogens is 434 g/mol. The smallest absolute Gasteiger partial charge is 0.306 e. The van der Waals surface area contributed by atoms with E-state index in [1.54, 1.807) is 31.0 Å². The van der Waals surface area contributed by atoms with Gasteiger partial charge in [0.1, 0.15) is 11.6 Å². The van der Waals surface area contributed by atoms with Gasteiger partial charge in [-0.05, 0) is 49.2 Å². The summed E-state index contributed by atoms with van der Waals surface area (Å²) in [4.78, 5) is 28.6. The van der Waals surface area contributed by atoms with Crippen LogP contribution in [0.5, 0.6) is 5.75 Å². The van der Waals surface area contributed by atoms with Crippen LogP contribution < -0.4 is 9.64 Å². The van der Waals surface area contributed by atoms with Crippen LogP contribution in [0.2, 0.25) is 0 Å². The van der Waals surface area contributed by atoms with E-state index < -0.39 is 0 Å². The molecule has 4 rings (SSSR count). The summed E-state index contributed by atoms with van der Waals surface area (Å²) in [5.74, 6) is 0.938. The summed E-state index contributed by atoms with van der Waals surface area (Å²) in [5.41, 5.74) is 3.07. The molecule has 0 saturated carbocycles. The average molecular weight is 466 g/mol. The maximum absolute atomic E-state index is 13.1. The zero-order valence-corrected chi connectivity index (χ0v) is 19.7. The van der Waals surface area contributed by atoms with Crippen molar-refractivity contribution < 1.29 is 23.8 Å². The number of rotatable bonds is 6. The second-order valence-electron chi connectivity index (χ2n) is 8.57. The summed E-state index contributed by atoms with van der Waals surface area (Å²) >= 11 is 0. The Labute approximate surface area is 199 Å². The number of hydrogen-bond acceptors (Lipinski definition) is 6. The Balaban J connectivity index is 1.42. The minimum absolute atomic E-state index is 0.0529. The molecule has 0 radical (unpaired) electrons. The summed E-state index contributed by atoms with van der Waals surface area (Å²) in [6.07, 6.45) is 1.01. The van der Waals surface area contributed by atoms with E-state index in [1.165, 1.54) is 0 Å². The third-order valence-corrected chi connectivity index (χ3v) is 6.21. The third kappa shape index (κ3) is 5.39. The van der Waals surface area contributed by atoms with Gasteiger partial charge in [-0.1, -0.05) is 12.1 Å². The number of morpholine rings is 1. The minimum Gasteiger partial charge on any atom is -0.493 e. The second-order valence-corrected chi connectivity index (χ2v) is 8.57. The number of fused-ring (bicyclic) bond motifs is 1. The number of ether oxygens (including phenoxy) is 3. The van der Waals surface area contributed by atoms with Crippen LogP contribution in [-0.4, -0.2) is 69.2 Å². The monoisotopic (exact) mass is 465 g/mol. The van der Waals surface area contributed by atoms with Gasteiger partial charge >= 0.3 is 5.97 Å². The van der Waals surface area contributed by atoms with Crippen LogP contribution in [-0.2, 0) is 20.7 Å². The lowest BCUT2D eigenvalue weighted by molar-refractivity contribution is -0.144. The lowest BCUT2D eigenvalue weighted by Crippen LogP contribution is -2.40. The van der Waals surface area contributed by atoms with E-state index in [0.29, 0.717) is 63.8 Å². The number of nitrogens with one attached hydrogen (secondary N) is 1. The first-order chi connectivity index (χ1) is 16.5. The molecule has 1 atom stereocenters. The van der Waals surface area contributed by atoms with Gasteiger partial charge in [0.15, 0.2) is 0 Å². The summed E-state index contributed by atoms with van der Waals surface area (Å²) in [6, 6.07) is 12.9. The van der Waals surface area contributed by atoms with Gasteiger partial charge in [-0.15, -0.1) is 0 Å². The molecule has 180 valence electrons. The third-order valence-electron chi connectivity index (χ3n) is 6.21. The Kier molecular flexibility index (Phi) is 7.47. The molecule has 8 heteroatoms. The second kappa shape index (κ2) is 10.7.